The Balaban J connectivity index is 2.06. The summed E-state index contributed by atoms with van der Waals surface area (Å²) in [6.07, 6.45) is 0. The van der Waals surface area contributed by atoms with Gasteiger partial charge in [0.25, 0.3) is 5.91 Å². The topological polar surface area (TPSA) is 29.1 Å². The number of benzene rings is 2. The molecule has 0 aliphatic heterocycles. The molecule has 2 aromatic carbocycles. The van der Waals surface area contributed by atoms with E-state index in [0.717, 1.165) is 16.5 Å². The Hall–Kier alpha value is -1.68. The molecule has 2 nitrogen and oxygen atoms in total. The Bertz CT molecular complexity index is 628. The summed E-state index contributed by atoms with van der Waals surface area (Å²) in [4.78, 5) is 12.0. The van der Waals surface area contributed by atoms with Crippen molar-refractivity contribution in [3.63, 3.8) is 0 Å². The monoisotopic (exact) mass is 335 g/mol. The fourth-order valence-corrected chi connectivity index (χ4v) is 2.27. The first-order valence-electron chi connectivity index (χ1n) is 6.29. The molecule has 2 aromatic rings. The molecule has 104 valence electrons. The average Bonchev–Trinajstić information content (AvgIpc) is 2.48. The molecule has 2 rings (SSSR count). The summed E-state index contributed by atoms with van der Waals surface area (Å²) in [5.74, 6) is -0.852. The lowest BCUT2D eigenvalue weighted by atomic mass is 10.1. The SMILES string of the molecule is Cc1cccc(C(=O)NCc2cccc(CBr)c2)c1F. The van der Waals surface area contributed by atoms with Gasteiger partial charge in [0.1, 0.15) is 5.82 Å². The van der Waals surface area contributed by atoms with E-state index in [1.54, 1.807) is 19.1 Å². The first-order valence-corrected chi connectivity index (χ1v) is 7.41. The smallest absolute Gasteiger partial charge is 0.254 e. The van der Waals surface area contributed by atoms with Crippen LogP contribution in [0.15, 0.2) is 42.5 Å². The van der Waals surface area contributed by atoms with Crippen LogP contribution in [-0.4, -0.2) is 5.91 Å². The van der Waals surface area contributed by atoms with E-state index in [0.29, 0.717) is 12.1 Å². The van der Waals surface area contributed by atoms with Gasteiger partial charge in [-0.05, 0) is 29.7 Å². The summed E-state index contributed by atoms with van der Waals surface area (Å²) in [5.41, 5.74) is 2.68. The minimum Gasteiger partial charge on any atom is -0.348 e. The van der Waals surface area contributed by atoms with Crippen LogP contribution in [0.5, 0.6) is 0 Å². The molecule has 0 saturated heterocycles. The molecule has 0 atom stereocenters. The zero-order valence-corrected chi connectivity index (χ0v) is 12.7. The maximum Gasteiger partial charge on any atom is 0.254 e. The molecular formula is C16H15BrFNO. The van der Waals surface area contributed by atoms with Crippen LogP contribution in [0.2, 0.25) is 0 Å². The number of halogens is 2. The summed E-state index contributed by atoms with van der Waals surface area (Å²) in [6.45, 7) is 2.03. The number of nitrogens with one attached hydrogen (secondary N) is 1. The Labute approximate surface area is 126 Å². The maximum absolute atomic E-state index is 13.8. The zero-order chi connectivity index (χ0) is 14.5. The van der Waals surface area contributed by atoms with Crippen molar-refractivity contribution >= 4 is 21.8 Å². The number of hydrogen-bond donors (Lipinski definition) is 1. The van der Waals surface area contributed by atoms with Gasteiger partial charge in [-0.1, -0.05) is 52.3 Å². The number of alkyl halides is 1. The predicted molar refractivity (Wildman–Crippen MR) is 81.4 cm³/mol. The second kappa shape index (κ2) is 6.66. The number of rotatable bonds is 4. The lowest BCUT2D eigenvalue weighted by Crippen LogP contribution is -2.24. The largest absolute Gasteiger partial charge is 0.348 e. The third-order valence-corrected chi connectivity index (χ3v) is 3.68. The maximum atomic E-state index is 13.8. The lowest BCUT2D eigenvalue weighted by molar-refractivity contribution is 0.0946. The Morgan fingerprint density at radius 2 is 1.90 bits per heavy atom. The molecule has 0 bridgehead atoms. The molecular weight excluding hydrogens is 321 g/mol. The molecule has 4 heteroatoms. The van der Waals surface area contributed by atoms with Gasteiger partial charge in [0, 0.05) is 11.9 Å². The Morgan fingerprint density at radius 3 is 2.65 bits per heavy atom. The van der Waals surface area contributed by atoms with E-state index in [9.17, 15) is 9.18 Å². The van der Waals surface area contributed by atoms with Gasteiger partial charge in [-0.2, -0.15) is 0 Å². The molecule has 0 fully saturated rings. The van der Waals surface area contributed by atoms with E-state index < -0.39 is 11.7 Å². The molecule has 1 amide bonds. The number of hydrogen-bond acceptors (Lipinski definition) is 1. The normalized spacial score (nSPS) is 10.3. The highest BCUT2D eigenvalue weighted by molar-refractivity contribution is 9.08. The Kier molecular flexibility index (Phi) is 4.90. The fraction of sp³-hybridized carbons (Fsp3) is 0.188. The number of carbonyl (C=O) groups excluding carboxylic acids is 1. The lowest BCUT2D eigenvalue weighted by Gasteiger charge is -2.08. The molecule has 0 spiro atoms. The van der Waals surface area contributed by atoms with Crippen molar-refractivity contribution in [1.29, 1.82) is 0 Å². The van der Waals surface area contributed by atoms with E-state index in [2.05, 4.69) is 21.2 Å². The Morgan fingerprint density at radius 1 is 1.20 bits per heavy atom. The molecule has 0 unspecified atom stereocenters. The van der Waals surface area contributed by atoms with Gasteiger partial charge < -0.3 is 5.32 Å². The molecule has 0 radical (unpaired) electrons. The van der Waals surface area contributed by atoms with Crippen molar-refractivity contribution in [3.8, 4) is 0 Å². The van der Waals surface area contributed by atoms with E-state index >= 15 is 0 Å². The first kappa shape index (κ1) is 14.7. The number of amides is 1. The second-order valence-electron chi connectivity index (χ2n) is 4.57. The van der Waals surface area contributed by atoms with E-state index in [4.69, 9.17) is 0 Å². The van der Waals surface area contributed by atoms with Crippen LogP contribution in [0.4, 0.5) is 4.39 Å². The van der Waals surface area contributed by atoms with Crippen molar-refractivity contribution in [1.82, 2.24) is 5.32 Å². The van der Waals surface area contributed by atoms with E-state index in [-0.39, 0.29) is 5.56 Å². The summed E-state index contributed by atoms with van der Waals surface area (Å²) in [5, 5.41) is 3.51. The highest BCUT2D eigenvalue weighted by Crippen LogP contribution is 2.12. The van der Waals surface area contributed by atoms with Crippen molar-refractivity contribution in [2.24, 2.45) is 0 Å². The average molecular weight is 336 g/mol. The summed E-state index contributed by atoms with van der Waals surface area (Å²) >= 11 is 3.39. The summed E-state index contributed by atoms with van der Waals surface area (Å²) in [7, 11) is 0. The molecule has 0 heterocycles. The van der Waals surface area contributed by atoms with Gasteiger partial charge in [0.2, 0.25) is 0 Å². The number of carbonyl (C=O) groups is 1. The van der Waals surface area contributed by atoms with Crippen LogP contribution >= 0.6 is 15.9 Å². The standard InChI is InChI=1S/C16H15BrFNO/c1-11-4-2-7-14(15(11)18)16(20)19-10-13-6-3-5-12(8-13)9-17/h2-8H,9-10H2,1H3,(H,19,20). The molecule has 0 aliphatic rings. The predicted octanol–water partition coefficient (Wildman–Crippen LogP) is 3.96. The van der Waals surface area contributed by atoms with Crippen LogP contribution in [-0.2, 0) is 11.9 Å². The highest BCUT2D eigenvalue weighted by atomic mass is 79.9. The summed E-state index contributed by atoms with van der Waals surface area (Å²) < 4.78 is 13.8. The van der Waals surface area contributed by atoms with Crippen LogP contribution in [0.3, 0.4) is 0 Å². The molecule has 20 heavy (non-hydrogen) atoms. The van der Waals surface area contributed by atoms with Crippen LogP contribution < -0.4 is 5.32 Å². The van der Waals surface area contributed by atoms with E-state index in [1.165, 1.54) is 6.07 Å². The minimum atomic E-state index is -0.459. The molecule has 1 N–H and O–H groups in total. The quantitative estimate of drug-likeness (QED) is 0.842. The van der Waals surface area contributed by atoms with Gasteiger partial charge in [-0.25, -0.2) is 4.39 Å². The van der Waals surface area contributed by atoms with Crippen LogP contribution in [0.25, 0.3) is 0 Å². The summed E-state index contributed by atoms with van der Waals surface area (Å²) in [6, 6.07) is 12.7. The van der Waals surface area contributed by atoms with Crippen LogP contribution in [0, 0.1) is 12.7 Å². The van der Waals surface area contributed by atoms with Gasteiger partial charge >= 0.3 is 0 Å². The minimum absolute atomic E-state index is 0.0849. The van der Waals surface area contributed by atoms with Crippen molar-refractivity contribution in [2.45, 2.75) is 18.8 Å². The van der Waals surface area contributed by atoms with Gasteiger partial charge in [-0.3, -0.25) is 4.79 Å². The van der Waals surface area contributed by atoms with Gasteiger partial charge in [-0.15, -0.1) is 0 Å². The first-order chi connectivity index (χ1) is 9.61. The van der Waals surface area contributed by atoms with Gasteiger partial charge in [0.05, 0.1) is 5.56 Å². The van der Waals surface area contributed by atoms with E-state index in [1.807, 2.05) is 24.3 Å². The molecule has 0 aliphatic carbocycles. The number of aryl methyl sites for hydroxylation is 1. The third kappa shape index (κ3) is 3.45. The molecule has 0 aromatic heterocycles. The zero-order valence-electron chi connectivity index (χ0n) is 11.1. The van der Waals surface area contributed by atoms with Crippen molar-refractivity contribution in [3.05, 3.63) is 70.5 Å². The third-order valence-electron chi connectivity index (χ3n) is 3.04. The fourth-order valence-electron chi connectivity index (χ4n) is 1.92. The van der Waals surface area contributed by atoms with Gasteiger partial charge in [0.15, 0.2) is 0 Å². The van der Waals surface area contributed by atoms with Crippen molar-refractivity contribution in [2.75, 3.05) is 0 Å². The highest BCUT2D eigenvalue weighted by Gasteiger charge is 2.12. The van der Waals surface area contributed by atoms with Crippen LogP contribution in [0.1, 0.15) is 27.0 Å². The van der Waals surface area contributed by atoms with Crippen molar-refractivity contribution < 1.29 is 9.18 Å². The second-order valence-corrected chi connectivity index (χ2v) is 5.13. The molecule has 0 saturated carbocycles.